The van der Waals surface area contributed by atoms with Crippen LogP contribution in [0.3, 0.4) is 0 Å². The minimum absolute atomic E-state index is 0.195. The van der Waals surface area contributed by atoms with E-state index in [0.717, 1.165) is 11.3 Å². The van der Waals surface area contributed by atoms with E-state index in [1.54, 1.807) is 10.9 Å². The predicted octanol–water partition coefficient (Wildman–Crippen LogP) is 1.54. The average Bonchev–Trinajstić information content (AvgIpc) is 2.78. The van der Waals surface area contributed by atoms with Crippen LogP contribution in [0.15, 0.2) is 36.5 Å². The molecule has 0 bridgehead atoms. The second-order valence-corrected chi connectivity index (χ2v) is 3.81. The molecule has 1 aromatic heterocycles. The van der Waals surface area contributed by atoms with E-state index in [0.29, 0.717) is 6.54 Å². The van der Waals surface area contributed by atoms with Gasteiger partial charge in [-0.15, -0.1) is 16.7 Å². The Labute approximate surface area is 98.5 Å². The van der Waals surface area contributed by atoms with Crippen molar-refractivity contribution < 1.29 is 5.11 Å². The number of aliphatic hydroxyl groups excluding tert-OH is 1. The Bertz CT molecular complexity index is 444. The van der Waals surface area contributed by atoms with E-state index in [4.69, 9.17) is 11.6 Å². The van der Waals surface area contributed by atoms with Crippen LogP contribution >= 0.6 is 11.6 Å². The van der Waals surface area contributed by atoms with Crippen LogP contribution < -0.4 is 0 Å². The Hall–Kier alpha value is -1.39. The van der Waals surface area contributed by atoms with E-state index in [2.05, 4.69) is 10.3 Å². The molecule has 0 radical (unpaired) electrons. The molecule has 0 aliphatic carbocycles. The van der Waals surface area contributed by atoms with Crippen LogP contribution in [0, 0.1) is 0 Å². The zero-order valence-corrected chi connectivity index (χ0v) is 9.38. The van der Waals surface area contributed by atoms with Crippen molar-refractivity contribution in [1.29, 1.82) is 0 Å². The summed E-state index contributed by atoms with van der Waals surface area (Å²) in [5, 5.41) is 17.3. The van der Waals surface area contributed by atoms with Crippen molar-refractivity contribution in [3.8, 4) is 11.3 Å². The quantitative estimate of drug-likeness (QED) is 0.821. The van der Waals surface area contributed by atoms with E-state index >= 15 is 0 Å². The Morgan fingerprint density at radius 2 is 2.06 bits per heavy atom. The maximum absolute atomic E-state index is 9.37. The molecule has 0 aliphatic rings. The van der Waals surface area contributed by atoms with Gasteiger partial charge in [-0.2, -0.15) is 0 Å². The summed E-state index contributed by atoms with van der Waals surface area (Å²) in [6.45, 7) is 0.364. The highest BCUT2D eigenvalue weighted by Crippen LogP contribution is 2.14. The highest BCUT2D eigenvalue weighted by Gasteiger charge is 2.07. The molecule has 5 heteroatoms. The monoisotopic (exact) mass is 237 g/mol. The van der Waals surface area contributed by atoms with Gasteiger partial charge in [0, 0.05) is 5.56 Å². The summed E-state index contributed by atoms with van der Waals surface area (Å²) in [6.07, 6.45) is 1.21. The SMILES string of the molecule is O[C@@H](CCl)Cn1cc(-c2ccccc2)nn1. The third-order valence-corrected chi connectivity index (χ3v) is 2.54. The first kappa shape index (κ1) is 11.1. The van der Waals surface area contributed by atoms with Gasteiger partial charge in [-0.25, -0.2) is 4.68 Å². The second-order valence-electron chi connectivity index (χ2n) is 3.50. The fourth-order valence-electron chi connectivity index (χ4n) is 1.39. The largest absolute Gasteiger partial charge is 0.390 e. The molecule has 2 aromatic rings. The summed E-state index contributed by atoms with van der Waals surface area (Å²) in [7, 11) is 0. The molecule has 0 saturated heterocycles. The number of nitrogens with zero attached hydrogens (tertiary/aromatic N) is 3. The Kier molecular flexibility index (Phi) is 3.54. The van der Waals surface area contributed by atoms with Crippen molar-refractivity contribution in [3.63, 3.8) is 0 Å². The molecule has 0 unspecified atom stereocenters. The molecule has 0 spiro atoms. The summed E-state index contributed by atoms with van der Waals surface area (Å²) < 4.78 is 1.59. The van der Waals surface area contributed by atoms with Crippen LogP contribution in [0.25, 0.3) is 11.3 Å². The molecular weight excluding hydrogens is 226 g/mol. The maximum atomic E-state index is 9.37. The van der Waals surface area contributed by atoms with Gasteiger partial charge in [-0.05, 0) is 0 Å². The first-order chi connectivity index (χ1) is 7.79. The lowest BCUT2D eigenvalue weighted by atomic mass is 10.2. The molecule has 2 rings (SSSR count). The first-order valence-electron chi connectivity index (χ1n) is 4.99. The standard InChI is InChI=1S/C11H12ClN3O/c12-6-10(16)7-15-8-11(13-14-15)9-4-2-1-3-5-9/h1-5,8,10,16H,6-7H2/t10-/m0/s1. The van der Waals surface area contributed by atoms with Gasteiger partial charge in [0.2, 0.25) is 0 Å². The smallest absolute Gasteiger partial charge is 0.113 e. The summed E-state index contributed by atoms with van der Waals surface area (Å²) in [5.41, 5.74) is 1.80. The van der Waals surface area contributed by atoms with Crippen LogP contribution in [0.4, 0.5) is 0 Å². The number of alkyl halides is 1. The van der Waals surface area contributed by atoms with Gasteiger partial charge in [0.05, 0.1) is 24.7 Å². The number of halogens is 1. The maximum Gasteiger partial charge on any atom is 0.113 e. The lowest BCUT2D eigenvalue weighted by molar-refractivity contribution is 0.170. The fourth-order valence-corrected chi connectivity index (χ4v) is 1.49. The fraction of sp³-hybridized carbons (Fsp3) is 0.273. The Balaban J connectivity index is 2.14. The van der Waals surface area contributed by atoms with Crippen LogP contribution in [0.1, 0.15) is 0 Å². The van der Waals surface area contributed by atoms with E-state index < -0.39 is 6.10 Å². The summed E-state index contributed by atoms with van der Waals surface area (Å²) in [4.78, 5) is 0. The molecule has 0 aliphatic heterocycles. The predicted molar refractivity (Wildman–Crippen MR) is 62.2 cm³/mol. The van der Waals surface area contributed by atoms with E-state index in [9.17, 15) is 5.11 Å². The van der Waals surface area contributed by atoms with Crippen molar-refractivity contribution in [1.82, 2.24) is 15.0 Å². The number of benzene rings is 1. The molecule has 16 heavy (non-hydrogen) atoms. The zero-order chi connectivity index (χ0) is 11.4. The highest BCUT2D eigenvalue weighted by atomic mass is 35.5. The molecule has 1 N–H and O–H groups in total. The van der Waals surface area contributed by atoms with Crippen LogP contribution in [-0.4, -0.2) is 32.1 Å². The second kappa shape index (κ2) is 5.09. The summed E-state index contributed by atoms with van der Waals surface area (Å²) in [6, 6.07) is 9.77. The van der Waals surface area contributed by atoms with Crippen LogP contribution in [-0.2, 0) is 6.54 Å². The summed E-state index contributed by atoms with van der Waals surface area (Å²) in [5.74, 6) is 0.195. The highest BCUT2D eigenvalue weighted by molar-refractivity contribution is 6.18. The van der Waals surface area contributed by atoms with Gasteiger partial charge in [0.15, 0.2) is 0 Å². The third kappa shape index (κ3) is 2.59. The molecule has 84 valence electrons. The number of rotatable bonds is 4. The van der Waals surface area contributed by atoms with Crippen molar-refractivity contribution in [2.75, 3.05) is 5.88 Å². The summed E-state index contributed by atoms with van der Waals surface area (Å²) >= 11 is 5.51. The van der Waals surface area contributed by atoms with Crippen LogP contribution in [0.2, 0.25) is 0 Å². The Morgan fingerprint density at radius 3 is 2.75 bits per heavy atom. The zero-order valence-electron chi connectivity index (χ0n) is 8.62. The topological polar surface area (TPSA) is 50.9 Å². The molecule has 1 atom stereocenters. The Morgan fingerprint density at radius 1 is 1.31 bits per heavy atom. The van der Waals surface area contributed by atoms with Gasteiger partial charge in [0.1, 0.15) is 5.69 Å². The molecule has 1 heterocycles. The molecule has 1 aromatic carbocycles. The van der Waals surface area contributed by atoms with Gasteiger partial charge < -0.3 is 5.11 Å². The minimum atomic E-state index is -0.591. The van der Waals surface area contributed by atoms with E-state index in [-0.39, 0.29) is 5.88 Å². The number of hydrogen-bond donors (Lipinski definition) is 1. The van der Waals surface area contributed by atoms with E-state index in [1.807, 2.05) is 30.3 Å². The van der Waals surface area contributed by atoms with E-state index in [1.165, 1.54) is 0 Å². The number of aromatic nitrogens is 3. The normalized spacial score (nSPS) is 12.6. The molecule has 4 nitrogen and oxygen atoms in total. The van der Waals surface area contributed by atoms with Gasteiger partial charge in [0.25, 0.3) is 0 Å². The average molecular weight is 238 g/mol. The molecule has 0 fully saturated rings. The molecule has 0 saturated carbocycles. The third-order valence-electron chi connectivity index (χ3n) is 2.18. The van der Waals surface area contributed by atoms with Crippen molar-refractivity contribution in [3.05, 3.63) is 36.5 Å². The lowest BCUT2D eigenvalue weighted by Crippen LogP contribution is -2.17. The molecular formula is C11H12ClN3O. The van der Waals surface area contributed by atoms with Crippen molar-refractivity contribution >= 4 is 11.6 Å². The van der Waals surface area contributed by atoms with Crippen LogP contribution in [0.5, 0.6) is 0 Å². The van der Waals surface area contributed by atoms with Crippen molar-refractivity contribution in [2.24, 2.45) is 0 Å². The minimum Gasteiger partial charge on any atom is -0.390 e. The number of hydrogen-bond acceptors (Lipinski definition) is 3. The van der Waals surface area contributed by atoms with Gasteiger partial charge in [-0.1, -0.05) is 35.5 Å². The van der Waals surface area contributed by atoms with Gasteiger partial charge in [-0.3, -0.25) is 0 Å². The first-order valence-corrected chi connectivity index (χ1v) is 5.52. The molecule has 0 amide bonds. The van der Waals surface area contributed by atoms with Crippen molar-refractivity contribution in [2.45, 2.75) is 12.6 Å². The lowest BCUT2D eigenvalue weighted by Gasteiger charge is -2.04. The van der Waals surface area contributed by atoms with Gasteiger partial charge >= 0.3 is 0 Å². The number of aliphatic hydroxyl groups is 1.